The first-order valence-corrected chi connectivity index (χ1v) is 16.2. The number of hydrogen-bond donors (Lipinski definition) is 0. The molecule has 0 aromatic carbocycles. The van der Waals surface area contributed by atoms with Crippen LogP contribution in [0.4, 0.5) is 0 Å². The summed E-state index contributed by atoms with van der Waals surface area (Å²) in [4.78, 5) is 0. The van der Waals surface area contributed by atoms with Gasteiger partial charge < -0.3 is 0 Å². The molecule has 1 aliphatic carbocycles. The Labute approximate surface area is 155 Å². The molecular formula is C15H29As2Lu-2. The van der Waals surface area contributed by atoms with Gasteiger partial charge in [0.2, 0.25) is 0 Å². The molecule has 0 saturated carbocycles. The van der Waals surface area contributed by atoms with Crippen LogP contribution in [0.2, 0.25) is 33.3 Å². The quantitative estimate of drug-likeness (QED) is 0.342. The van der Waals surface area contributed by atoms with E-state index >= 15 is 0 Å². The van der Waals surface area contributed by atoms with Crippen molar-refractivity contribution in [1.29, 1.82) is 0 Å². The predicted octanol–water partition coefficient (Wildman–Crippen LogP) is 5.25. The Balaban J connectivity index is -0.000000183. The molecule has 0 heterocycles. The molecule has 0 unspecified atom stereocenters. The van der Waals surface area contributed by atoms with Crippen LogP contribution in [0.15, 0.2) is 24.3 Å². The first kappa shape index (κ1) is 24.8. The first-order valence-electron chi connectivity index (χ1n) is 6.09. The van der Waals surface area contributed by atoms with E-state index in [4.69, 9.17) is 0 Å². The van der Waals surface area contributed by atoms with Gasteiger partial charge in [0.15, 0.2) is 0 Å². The second-order valence-corrected chi connectivity index (χ2v) is 15.2. The molecule has 0 saturated heterocycles. The zero-order valence-electron chi connectivity index (χ0n) is 12.3. The van der Waals surface area contributed by atoms with Crippen molar-refractivity contribution in [1.82, 2.24) is 0 Å². The molecule has 0 aliphatic heterocycles. The molecule has 0 aromatic rings. The number of allylic oxidation sites excluding steroid dienone is 4. The molecule has 0 atom stereocenters. The summed E-state index contributed by atoms with van der Waals surface area (Å²) in [6, 6.07) is 0. The zero-order chi connectivity index (χ0) is 13.5. The Bertz CT molecular complexity index is 167. The Morgan fingerprint density at radius 1 is 0.722 bits per heavy atom. The standard InChI is InChI=1S/2C5H12As.C5H5.Lu/c2*1-4-5-6(2)3;1-2-4-5-3-1;/h2*1,4-5H2,2-3H3;1-5H;/q2*-1;;. The van der Waals surface area contributed by atoms with Gasteiger partial charge in [-0.15, -0.1) is 0 Å². The summed E-state index contributed by atoms with van der Waals surface area (Å²) in [5.41, 5.74) is 9.44. The van der Waals surface area contributed by atoms with Crippen LogP contribution in [0.25, 0.3) is 0 Å². The van der Waals surface area contributed by atoms with E-state index in [1.54, 1.807) is 0 Å². The zero-order valence-corrected chi connectivity index (χ0v) is 17.7. The van der Waals surface area contributed by atoms with E-state index in [9.17, 15) is 0 Å². The molecule has 0 bridgehead atoms. The SMILES string of the molecule is [CH2-]CC[As](C)C.[CH2-]CC[As](C)C.[CH]1C=CC=C1.[Lu]. The van der Waals surface area contributed by atoms with E-state index in [2.05, 4.69) is 36.7 Å². The van der Waals surface area contributed by atoms with Crippen LogP contribution >= 0.6 is 0 Å². The maximum Gasteiger partial charge on any atom is 0.00506 e. The normalized spacial score (nSPS) is 11.6. The Morgan fingerprint density at radius 2 is 1.06 bits per heavy atom. The molecule has 2 radical (unpaired) electrons. The fourth-order valence-electron chi connectivity index (χ4n) is 0.953. The average molecular weight is 534 g/mol. The monoisotopic (exact) mass is 534 g/mol. The third-order valence-corrected chi connectivity index (χ3v) is 6.85. The van der Waals surface area contributed by atoms with Crippen LogP contribution in [0.5, 0.6) is 0 Å². The van der Waals surface area contributed by atoms with Gasteiger partial charge in [-0.3, -0.25) is 0 Å². The van der Waals surface area contributed by atoms with Crippen molar-refractivity contribution in [2.75, 3.05) is 0 Å². The van der Waals surface area contributed by atoms with Gasteiger partial charge >= 0.3 is 89.3 Å². The minimum atomic E-state index is -0.286. The fourth-order valence-corrected chi connectivity index (χ4v) is 3.61. The van der Waals surface area contributed by atoms with Gasteiger partial charge in [-0.05, 0) is 0 Å². The molecule has 0 spiro atoms. The van der Waals surface area contributed by atoms with Gasteiger partial charge in [0.1, 0.15) is 0 Å². The summed E-state index contributed by atoms with van der Waals surface area (Å²) >= 11 is -0.573. The van der Waals surface area contributed by atoms with E-state index in [-0.39, 0.29) is 66.2 Å². The van der Waals surface area contributed by atoms with E-state index in [1.807, 2.05) is 30.7 Å². The Hall–Kier alpha value is 1.83. The molecular weight excluding hydrogens is 505 g/mol. The maximum absolute atomic E-state index is 3.76. The average Bonchev–Trinajstić information content (AvgIpc) is 2.75. The maximum atomic E-state index is 3.76. The van der Waals surface area contributed by atoms with Crippen LogP contribution in [0, 0.1) is 57.1 Å². The molecule has 116 valence electrons. The van der Waals surface area contributed by atoms with Gasteiger partial charge in [-0.2, -0.15) is 0 Å². The van der Waals surface area contributed by atoms with Crippen molar-refractivity contribution < 1.29 is 36.9 Å². The molecule has 0 nitrogen and oxygen atoms in total. The summed E-state index contributed by atoms with van der Waals surface area (Å²) in [6.07, 6.45) is 12.3. The largest absolute Gasteiger partial charge is 0.0767 e. The molecule has 0 N–H and O–H groups in total. The topological polar surface area (TPSA) is 0 Å². The minimum absolute atomic E-state index is 0. The molecule has 0 aromatic heterocycles. The number of rotatable bonds is 4. The number of hydrogen-bond acceptors (Lipinski definition) is 0. The molecule has 0 amide bonds. The summed E-state index contributed by atoms with van der Waals surface area (Å²) < 4.78 is 0. The van der Waals surface area contributed by atoms with E-state index < -0.39 is 0 Å². The van der Waals surface area contributed by atoms with Crippen molar-refractivity contribution in [3.63, 3.8) is 0 Å². The van der Waals surface area contributed by atoms with E-state index in [0.29, 0.717) is 0 Å². The summed E-state index contributed by atoms with van der Waals surface area (Å²) in [5, 5.41) is 2.82. The second kappa shape index (κ2) is 21.1. The summed E-state index contributed by atoms with van der Waals surface area (Å²) in [5.74, 6) is 0. The van der Waals surface area contributed by atoms with Crippen molar-refractivity contribution in [2.24, 2.45) is 0 Å². The third-order valence-electron chi connectivity index (χ3n) is 1.77. The minimum Gasteiger partial charge on any atom is -0.0767 e. The molecule has 0 fully saturated rings. The van der Waals surface area contributed by atoms with Crippen LogP contribution in [-0.2, 0) is 0 Å². The van der Waals surface area contributed by atoms with Crippen LogP contribution in [0.3, 0.4) is 0 Å². The summed E-state index contributed by atoms with van der Waals surface area (Å²) in [6.45, 7) is 7.52. The van der Waals surface area contributed by atoms with Gasteiger partial charge in [-0.1, -0.05) is 24.3 Å². The first-order chi connectivity index (χ1) is 8.04. The predicted molar refractivity (Wildman–Crippen MR) is 87.1 cm³/mol. The van der Waals surface area contributed by atoms with E-state index in [1.165, 1.54) is 10.4 Å². The fraction of sp³-hybridized carbons (Fsp3) is 0.533. The smallest absolute Gasteiger partial charge is 0.00506 e. The molecule has 1 rings (SSSR count). The van der Waals surface area contributed by atoms with Crippen molar-refractivity contribution in [2.45, 2.75) is 46.1 Å². The molecule has 1 aliphatic rings. The molecule has 18 heavy (non-hydrogen) atoms. The van der Waals surface area contributed by atoms with Gasteiger partial charge in [0.25, 0.3) is 0 Å². The molecule has 3 heteroatoms. The van der Waals surface area contributed by atoms with Crippen LogP contribution in [0.1, 0.15) is 12.8 Å². The van der Waals surface area contributed by atoms with Gasteiger partial charge in [0.05, 0.1) is 0 Å². The van der Waals surface area contributed by atoms with Crippen molar-refractivity contribution in [3.8, 4) is 0 Å². The Kier molecular flexibility index (Phi) is 29.1. The van der Waals surface area contributed by atoms with Gasteiger partial charge in [0, 0.05) is 43.3 Å². The second-order valence-electron chi connectivity index (χ2n) is 4.28. The van der Waals surface area contributed by atoms with Crippen LogP contribution in [-0.4, -0.2) is 29.3 Å². The van der Waals surface area contributed by atoms with Crippen molar-refractivity contribution >= 4 is 29.3 Å². The summed E-state index contributed by atoms with van der Waals surface area (Å²) in [7, 11) is 0. The van der Waals surface area contributed by atoms with Gasteiger partial charge in [-0.25, -0.2) is 0 Å². The van der Waals surface area contributed by atoms with Crippen LogP contribution < -0.4 is 0 Å². The van der Waals surface area contributed by atoms with Crippen molar-refractivity contribution in [3.05, 3.63) is 44.6 Å². The Morgan fingerprint density at radius 3 is 1.11 bits per heavy atom. The third kappa shape index (κ3) is 30.7. The van der Waals surface area contributed by atoms with E-state index in [0.717, 1.165) is 12.8 Å².